The summed E-state index contributed by atoms with van der Waals surface area (Å²) in [7, 11) is 0. The van der Waals surface area contributed by atoms with E-state index in [4.69, 9.17) is 16.3 Å². The topological polar surface area (TPSA) is 67.6 Å². The van der Waals surface area contributed by atoms with Crippen molar-refractivity contribution in [3.05, 3.63) is 32.8 Å². The van der Waals surface area contributed by atoms with Gasteiger partial charge in [0.1, 0.15) is 5.69 Å². The van der Waals surface area contributed by atoms with Gasteiger partial charge in [0.15, 0.2) is 0 Å². The van der Waals surface area contributed by atoms with Gasteiger partial charge in [0.05, 0.1) is 11.0 Å². The molecule has 0 bridgehead atoms. The Morgan fingerprint density at radius 2 is 1.89 bits per heavy atom. The molecule has 1 aromatic rings. The van der Waals surface area contributed by atoms with Crippen molar-refractivity contribution >= 4 is 23.0 Å². The Kier molecular flexibility index (Phi) is 6.95. The summed E-state index contributed by atoms with van der Waals surface area (Å²) in [6.45, 7) is 6.74. The predicted molar refractivity (Wildman–Crippen MR) is 109 cm³/mol. The molecule has 1 heterocycles. The first-order valence-corrected chi connectivity index (χ1v) is 10.4. The van der Waals surface area contributed by atoms with Crippen molar-refractivity contribution in [3.8, 4) is 0 Å². The summed E-state index contributed by atoms with van der Waals surface area (Å²) in [4.78, 5) is 13.6. The van der Waals surface area contributed by atoms with Gasteiger partial charge in [-0.05, 0) is 64.0 Å². The number of rotatable bonds is 6. The number of hydrogen-bond donors (Lipinski definition) is 1. The van der Waals surface area contributed by atoms with Gasteiger partial charge in [-0.3, -0.25) is 10.1 Å². The number of ether oxygens (including phenoxy) is 1. The van der Waals surface area contributed by atoms with Crippen LogP contribution in [0.3, 0.4) is 0 Å². The third-order valence-electron chi connectivity index (χ3n) is 5.93. The van der Waals surface area contributed by atoms with Crippen LogP contribution in [-0.2, 0) is 4.74 Å². The number of likely N-dealkylation sites (tertiary alicyclic amines) is 1. The lowest BCUT2D eigenvalue weighted by Crippen LogP contribution is -2.46. The maximum atomic E-state index is 11.4. The lowest BCUT2D eigenvalue weighted by atomic mass is 9.90. The quantitative estimate of drug-likeness (QED) is 0.554. The summed E-state index contributed by atoms with van der Waals surface area (Å²) in [5.41, 5.74) is 1.37. The molecule has 1 saturated heterocycles. The Balaban J connectivity index is 1.53. The van der Waals surface area contributed by atoms with E-state index in [9.17, 15) is 10.1 Å². The third kappa shape index (κ3) is 5.12. The molecule has 27 heavy (non-hydrogen) atoms. The highest BCUT2D eigenvalue weighted by molar-refractivity contribution is 6.31. The van der Waals surface area contributed by atoms with E-state index in [1.165, 1.54) is 12.8 Å². The zero-order valence-corrected chi connectivity index (χ0v) is 17.0. The summed E-state index contributed by atoms with van der Waals surface area (Å²) < 4.78 is 5.76. The zero-order valence-electron chi connectivity index (χ0n) is 16.2. The number of aryl methyl sites for hydroxylation is 1. The van der Waals surface area contributed by atoms with Gasteiger partial charge in [0, 0.05) is 42.9 Å². The molecule has 1 aromatic carbocycles. The molecule has 0 aromatic heterocycles. The van der Waals surface area contributed by atoms with Crippen LogP contribution in [0.4, 0.5) is 11.4 Å². The molecule has 3 rings (SSSR count). The smallest absolute Gasteiger partial charge is 0.292 e. The second-order valence-electron chi connectivity index (χ2n) is 7.72. The van der Waals surface area contributed by atoms with Crippen molar-refractivity contribution in [1.82, 2.24) is 4.90 Å². The molecule has 2 fully saturated rings. The molecule has 0 spiro atoms. The maximum absolute atomic E-state index is 11.4. The highest BCUT2D eigenvalue weighted by Crippen LogP contribution is 2.33. The van der Waals surface area contributed by atoms with Crippen molar-refractivity contribution in [2.24, 2.45) is 0 Å². The fourth-order valence-corrected chi connectivity index (χ4v) is 4.54. The Hall–Kier alpha value is -1.37. The molecule has 1 N–H and O–H groups in total. The molecule has 1 saturated carbocycles. The fourth-order valence-electron chi connectivity index (χ4n) is 4.37. The second kappa shape index (κ2) is 9.22. The number of hydrogen-bond acceptors (Lipinski definition) is 5. The van der Waals surface area contributed by atoms with E-state index < -0.39 is 0 Å². The van der Waals surface area contributed by atoms with Gasteiger partial charge < -0.3 is 15.0 Å². The number of benzene rings is 1. The van der Waals surface area contributed by atoms with E-state index in [-0.39, 0.29) is 16.7 Å². The molecule has 0 radical (unpaired) electrons. The van der Waals surface area contributed by atoms with Crippen LogP contribution in [0.2, 0.25) is 5.02 Å². The minimum Gasteiger partial charge on any atom is -0.379 e. The van der Waals surface area contributed by atoms with Gasteiger partial charge in [-0.2, -0.15) is 0 Å². The number of nitro benzene ring substituents is 1. The summed E-state index contributed by atoms with van der Waals surface area (Å²) >= 11 is 6.19. The average Bonchev–Trinajstić information content (AvgIpc) is 2.66. The number of nitrogens with one attached hydrogen (secondary N) is 1. The van der Waals surface area contributed by atoms with Gasteiger partial charge in [-0.15, -0.1) is 0 Å². The lowest BCUT2D eigenvalue weighted by Gasteiger charge is -2.41. The zero-order chi connectivity index (χ0) is 19.4. The summed E-state index contributed by atoms with van der Waals surface area (Å²) in [6, 6.07) is 4.15. The van der Waals surface area contributed by atoms with Crippen LogP contribution in [0, 0.1) is 17.0 Å². The van der Waals surface area contributed by atoms with Crippen molar-refractivity contribution in [2.45, 2.75) is 70.6 Å². The molecule has 7 heteroatoms. The average molecular weight is 396 g/mol. The predicted octanol–water partition coefficient (Wildman–Crippen LogP) is 4.78. The first-order valence-electron chi connectivity index (χ1n) is 10.0. The van der Waals surface area contributed by atoms with E-state index in [0.29, 0.717) is 22.9 Å². The third-order valence-corrected chi connectivity index (χ3v) is 6.33. The SMILES string of the molecule is CCOC1CCC(N2CCC(Nc3cc(Cl)c(C)cc3[N+](=O)[O-])CC2)CC1. The number of halogens is 1. The van der Waals surface area contributed by atoms with Crippen molar-refractivity contribution in [2.75, 3.05) is 25.0 Å². The largest absolute Gasteiger partial charge is 0.379 e. The Labute approximate surface area is 166 Å². The van der Waals surface area contributed by atoms with E-state index in [2.05, 4.69) is 17.1 Å². The summed E-state index contributed by atoms with van der Waals surface area (Å²) in [5.74, 6) is 0. The Morgan fingerprint density at radius 3 is 2.48 bits per heavy atom. The van der Waals surface area contributed by atoms with Crippen molar-refractivity contribution < 1.29 is 9.66 Å². The van der Waals surface area contributed by atoms with Crippen molar-refractivity contribution in [1.29, 1.82) is 0 Å². The first-order chi connectivity index (χ1) is 13.0. The van der Waals surface area contributed by atoms with Gasteiger partial charge in [0.25, 0.3) is 5.69 Å². The molecular formula is C20H30ClN3O3. The summed E-state index contributed by atoms with van der Waals surface area (Å²) in [5, 5.41) is 15.3. The van der Waals surface area contributed by atoms with Crippen LogP contribution in [0.25, 0.3) is 0 Å². The van der Waals surface area contributed by atoms with Crippen LogP contribution >= 0.6 is 11.6 Å². The van der Waals surface area contributed by atoms with Gasteiger partial charge in [0.2, 0.25) is 0 Å². The highest BCUT2D eigenvalue weighted by Gasteiger charge is 2.30. The molecule has 6 nitrogen and oxygen atoms in total. The van der Waals surface area contributed by atoms with Crippen molar-refractivity contribution in [3.63, 3.8) is 0 Å². The number of nitrogens with zero attached hydrogens (tertiary/aromatic N) is 2. The normalized spacial score (nSPS) is 24.7. The molecular weight excluding hydrogens is 366 g/mol. The monoisotopic (exact) mass is 395 g/mol. The van der Waals surface area contributed by atoms with Gasteiger partial charge in [-0.1, -0.05) is 11.6 Å². The minimum absolute atomic E-state index is 0.105. The van der Waals surface area contributed by atoms with Crippen LogP contribution in [-0.4, -0.2) is 47.7 Å². The standard InChI is InChI=1S/C20H30ClN3O3/c1-3-27-17-6-4-16(5-7-17)23-10-8-15(9-11-23)22-19-13-18(21)14(2)12-20(19)24(25)26/h12-13,15-17,22H,3-11H2,1-2H3. The fraction of sp³-hybridized carbons (Fsp3) is 0.700. The second-order valence-corrected chi connectivity index (χ2v) is 8.12. The molecule has 0 amide bonds. The van der Waals surface area contributed by atoms with Crippen LogP contribution in [0.5, 0.6) is 0 Å². The molecule has 2 aliphatic rings. The summed E-state index contributed by atoms with van der Waals surface area (Å²) in [6.07, 6.45) is 7.17. The van der Waals surface area contributed by atoms with E-state index in [1.54, 1.807) is 19.1 Å². The minimum atomic E-state index is -0.336. The molecule has 0 atom stereocenters. The van der Waals surface area contributed by atoms with E-state index >= 15 is 0 Å². The number of anilines is 1. The van der Waals surface area contributed by atoms with Crippen LogP contribution in [0.1, 0.15) is 51.0 Å². The van der Waals surface area contributed by atoms with Crippen LogP contribution in [0.15, 0.2) is 12.1 Å². The molecule has 1 aliphatic heterocycles. The number of piperidine rings is 1. The van der Waals surface area contributed by atoms with Gasteiger partial charge >= 0.3 is 0 Å². The maximum Gasteiger partial charge on any atom is 0.292 e. The lowest BCUT2D eigenvalue weighted by molar-refractivity contribution is -0.384. The van der Waals surface area contributed by atoms with Crippen LogP contribution < -0.4 is 5.32 Å². The molecule has 0 unspecified atom stereocenters. The Morgan fingerprint density at radius 1 is 1.22 bits per heavy atom. The van der Waals surface area contributed by atoms with E-state index in [0.717, 1.165) is 50.9 Å². The molecule has 150 valence electrons. The first kappa shape index (κ1) is 20.4. The number of nitro groups is 1. The molecule has 1 aliphatic carbocycles. The highest BCUT2D eigenvalue weighted by atomic mass is 35.5. The van der Waals surface area contributed by atoms with E-state index in [1.807, 2.05) is 0 Å². The Bertz CT molecular complexity index is 654. The van der Waals surface area contributed by atoms with Gasteiger partial charge in [-0.25, -0.2) is 0 Å².